The zero-order valence-electron chi connectivity index (χ0n) is 26.8. The minimum atomic E-state index is 0.894. The highest BCUT2D eigenvalue weighted by molar-refractivity contribution is 6.39. The maximum atomic E-state index is 6.92. The van der Waals surface area contributed by atoms with Gasteiger partial charge < -0.3 is 18.1 Å². The summed E-state index contributed by atoms with van der Waals surface area (Å²) in [6.07, 6.45) is 0. The Kier molecular flexibility index (Phi) is 5.28. The molecule has 11 aromatic rings. The summed E-state index contributed by atoms with van der Waals surface area (Å²) in [5, 5.41) is 8.33. The molecule has 0 unspecified atom stereocenters. The van der Waals surface area contributed by atoms with Crippen LogP contribution >= 0.6 is 0 Å². The van der Waals surface area contributed by atoms with Gasteiger partial charge in [-0.25, -0.2) is 0 Å². The van der Waals surface area contributed by atoms with Crippen LogP contribution in [0.25, 0.3) is 99.1 Å². The zero-order valence-corrected chi connectivity index (χ0v) is 26.8. The Hall–Kier alpha value is -6.52. The summed E-state index contributed by atoms with van der Waals surface area (Å²) in [6.45, 7) is 0. The second-order valence-electron chi connectivity index (χ2n) is 13.0. The number of aromatic nitrogens is 3. The number of nitrogens with zero attached hydrogens (tertiary/aromatic N) is 3. The largest absolute Gasteiger partial charge is 0.454 e. The van der Waals surface area contributed by atoms with Gasteiger partial charge in [-0.2, -0.15) is 0 Å². The molecule has 0 aliphatic heterocycles. The average Bonchev–Trinajstić information content (AvgIpc) is 3.90. The molecule has 0 aliphatic carbocycles. The number of benzene rings is 7. The first-order chi connectivity index (χ1) is 24.3. The monoisotopic (exact) mass is 627 g/mol. The Morgan fingerprint density at radius 2 is 1.06 bits per heavy atom. The lowest BCUT2D eigenvalue weighted by Gasteiger charge is -2.12. The fraction of sp³-hybridized carbons (Fsp3) is 0.0222. The van der Waals surface area contributed by atoms with Crippen LogP contribution in [-0.4, -0.2) is 13.7 Å². The van der Waals surface area contributed by atoms with Crippen LogP contribution < -0.4 is 0 Å². The van der Waals surface area contributed by atoms with Gasteiger partial charge >= 0.3 is 0 Å². The van der Waals surface area contributed by atoms with Crippen LogP contribution in [0, 0.1) is 0 Å². The maximum Gasteiger partial charge on any atom is 0.160 e. The standard InChI is InChI=1S/C45H29N3O/c1-46-35-22-9-5-14-29(35)27-38(46)28-15-13-18-31(26-28)48-36-23-10-6-19-32(36)40-41-34-21-8-12-25-39(34)49-45(41)44-42(43(40)48)33-20-7-11-24-37(33)47(44)30-16-3-2-4-17-30/h2-27H,1H3. The van der Waals surface area contributed by atoms with Gasteiger partial charge in [0.2, 0.25) is 0 Å². The van der Waals surface area contributed by atoms with E-state index < -0.39 is 0 Å². The van der Waals surface area contributed by atoms with E-state index in [0.717, 1.165) is 44.3 Å². The predicted octanol–water partition coefficient (Wildman–Crippen LogP) is 11.9. The minimum absolute atomic E-state index is 0.894. The van der Waals surface area contributed by atoms with Gasteiger partial charge in [0.25, 0.3) is 0 Å². The van der Waals surface area contributed by atoms with E-state index in [9.17, 15) is 0 Å². The van der Waals surface area contributed by atoms with Crippen molar-refractivity contribution in [2.45, 2.75) is 0 Å². The quantitative estimate of drug-likeness (QED) is 0.192. The summed E-state index contributed by atoms with van der Waals surface area (Å²) in [6, 6.07) is 56.7. The highest BCUT2D eigenvalue weighted by atomic mass is 16.3. The molecular weight excluding hydrogens is 599 g/mol. The third-order valence-electron chi connectivity index (χ3n) is 10.4. The summed E-state index contributed by atoms with van der Waals surface area (Å²) < 4.78 is 14.1. The lowest BCUT2D eigenvalue weighted by molar-refractivity contribution is 0.671. The molecule has 0 saturated heterocycles. The van der Waals surface area contributed by atoms with Crippen LogP contribution in [0.3, 0.4) is 0 Å². The third kappa shape index (κ3) is 3.52. The number of furan rings is 1. The molecule has 4 nitrogen and oxygen atoms in total. The minimum Gasteiger partial charge on any atom is -0.454 e. The third-order valence-corrected chi connectivity index (χ3v) is 10.4. The van der Waals surface area contributed by atoms with Gasteiger partial charge in [0.05, 0.1) is 22.1 Å². The van der Waals surface area contributed by atoms with Crippen LogP contribution in [0.5, 0.6) is 0 Å². The molecule has 0 amide bonds. The summed E-state index contributed by atoms with van der Waals surface area (Å²) >= 11 is 0. The molecule has 4 heteroatoms. The van der Waals surface area contributed by atoms with E-state index >= 15 is 0 Å². The smallest absolute Gasteiger partial charge is 0.160 e. The Morgan fingerprint density at radius 3 is 1.84 bits per heavy atom. The molecule has 0 radical (unpaired) electrons. The molecule has 0 spiro atoms. The first kappa shape index (κ1) is 26.5. The Labute approximate surface area is 281 Å². The van der Waals surface area contributed by atoms with Crippen LogP contribution in [0.4, 0.5) is 0 Å². The van der Waals surface area contributed by atoms with E-state index in [4.69, 9.17) is 4.42 Å². The zero-order chi connectivity index (χ0) is 32.2. The number of hydrogen-bond acceptors (Lipinski definition) is 1. The van der Waals surface area contributed by atoms with Crippen molar-refractivity contribution in [1.82, 2.24) is 13.7 Å². The van der Waals surface area contributed by atoms with E-state index in [0.29, 0.717) is 0 Å². The average molecular weight is 628 g/mol. The van der Waals surface area contributed by atoms with Crippen LogP contribution in [0.2, 0.25) is 0 Å². The van der Waals surface area contributed by atoms with E-state index in [-0.39, 0.29) is 0 Å². The first-order valence-electron chi connectivity index (χ1n) is 16.8. The van der Waals surface area contributed by atoms with Crippen molar-refractivity contribution in [1.29, 1.82) is 0 Å². The van der Waals surface area contributed by atoms with E-state index in [1.807, 2.05) is 0 Å². The van der Waals surface area contributed by atoms with E-state index in [1.54, 1.807) is 0 Å². The summed E-state index contributed by atoms with van der Waals surface area (Å²) in [7, 11) is 2.16. The summed E-state index contributed by atoms with van der Waals surface area (Å²) in [4.78, 5) is 0. The van der Waals surface area contributed by atoms with Gasteiger partial charge in [-0.1, -0.05) is 103 Å². The number of rotatable bonds is 3. The second-order valence-corrected chi connectivity index (χ2v) is 13.0. The fourth-order valence-electron chi connectivity index (χ4n) is 8.37. The van der Waals surface area contributed by atoms with Gasteiger partial charge in [0, 0.05) is 72.9 Å². The Balaban J connectivity index is 1.37. The van der Waals surface area contributed by atoms with Crippen molar-refractivity contribution in [3.63, 3.8) is 0 Å². The number of para-hydroxylation sites is 5. The predicted molar refractivity (Wildman–Crippen MR) is 204 cm³/mol. The lowest BCUT2D eigenvalue weighted by Crippen LogP contribution is -1.97. The van der Waals surface area contributed by atoms with Crippen molar-refractivity contribution in [2.75, 3.05) is 0 Å². The molecule has 0 atom stereocenters. The maximum absolute atomic E-state index is 6.92. The van der Waals surface area contributed by atoms with Crippen molar-refractivity contribution < 1.29 is 4.42 Å². The van der Waals surface area contributed by atoms with Crippen LogP contribution in [0.1, 0.15) is 0 Å². The molecule has 49 heavy (non-hydrogen) atoms. The molecule has 7 aromatic carbocycles. The van der Waals surface area contributed by atoms with Gasteiger partial charge in [0.1, 0.15) is 5.58 Å². The first-order valence-corrected chi connectivity index (χ1v) is 16.8. The molecule has 11 rings (SSSR count). The van der Waals surface area contributed by atoms with Crippen LogP contribution in [0.15, 0.2) is 162 Å². The molecule has 4 aromatic heterocycles. The lowest BCUT2D eigenvalue weighted by atomic mass is 10.0. The van der Waals surface area contributed by atoms with E-state index in [1.165, 1.54) is 54.7 Å². The molecule has 0 aliphatic rings. The molecular formula is C45H29N3O. The van der Waals surface area contributed by atoms with Crippen molar-refractivity contribution in [2.24, 2.45) is 7.05 Å². The van der Waals surface area contributed by atoms with E-state index in [2.05, 4.69) is 178 Å². The van der Waals surface area contributed by atoms with Crippen molar-refractivity contribution >= 4 is 76.5 Å². The highest BCUT2D eigenvalue weighted by Gasteiger charge is 2.27. The highest BCUT2D eigenvalue weighted by Crippen LogP contribution is 2.49. The van der Waals surface area contributed by atoms with Crippen molar-refractivity contribution in [3.8, 4) is 22.6 Å². The SMILES string of the molecule is Cn1c(-c2cccc(-n3c4ccccc4c4c5c6ccccc6oc5c5c(c6ccccc6n5-c5ccccc5)c43)c2)cc2ccccc21. The Morgan fingerprint density at radius 1 is 0.449 bits per heavy atom. The molecule has 0 bridgehead atoms. The molecule has 230 valence electrons. The second kappa shape index (κ2) is 9.75. The molecule has 0 N–H and O–H groups in total. The van der Waals surface area contributed by atoms with Gasteiger partial charge in [-0.15, -0.1) is 0 Å². The number of fused-ring (bicyclic) bond motifs is 13. The summed E-state index contributed by atoms with van der Waals surface area (Å²) in [5.41, 5.74) is 12.2. The molecule has 4 heterocycles. The van der Waals surface area contributed by atoms with Gasteiger partial charge in [0.15, 0.2) is 5.58 Å². The van der Waals surface area contributed by atoms with Gasteiger partial charge in [-0.05, 0) is 54.6 Å². The normalized spacial score (nSPS) is 12.2. The van der Waals surface area contributed by atoms with Crippen LogP contribution in [-0.2, 0) is 7.05 Å². The molecule has 0 fully saturated rings. The number of hydrogen-bond donors (Lipinski definition) is 0. The summed E-state index contributed by atoms with van der Waals surface area (Å²) in [5.74, 6) is 0. The van der Waals surface area contributed by atoms with Crippen molar-refractivity contribution in [3.05, 3.63) is 158 Å². The Bertz CT molecular complexity index is 3110. The molecule has 0 saturated carbocycles. The van der Waals surface area contributed by atoms with Gasteiger partial charge in [-0.3, -0.25) is 0 Å². The topological polar surface area (TPSA) is 27.9 Å². The number of aryl methyl sites for hydroxylation is 1. The fourth-order valence-corrected chi connectivity index (χ4v) is 8.37.